The minimum Gasteiger partial charge on any atom is -0.473 e. The molecular formula is C11H8O4. The molecule has 0 aliphatic rings. The van der Waals surface area contributed by atoms with Gasteiger partial charge in [0.15, 0.2) is 0 Å². The van der Waals surface area contributed by atoms with E-state index < -0.39 is 11.9 Å². The minimum absolute atomic E-state index is 0.152. The van der Waals surface area contributed by atoms with Gasteiger partial charge in [-0.15, -0.1) is 5.92 Å². The van der Waals surface area contributed by atoms with E-state index in [-0.39, 0.29) is 5.75 Å². The van der Waals surface area contributed by atoms with E-state index in [9.17, 15) is 9.59 Å². The summed E-state index contributed by atoms with van der Waals surface area (Å²) in [6.07, 6.45) is 0. The number of hydrogen-bond acceptors (Lipinski definition) is 3. The highest BCUT2D eigenvalue weighted by molar-refractivity contribution is 6.29. The average molecular weight is 204 g/mol. The Morgan fingerprint density at radius 3 is 2.60 bits per heavy atom. The van der Waals surface area contributed by atoms with Crippen LogP contribution in [-0.2, 0) is 9.59 Å². The molecule has 0 fully saturated rings. The Hall–Kier alpha value is -2.28. The summed E-state index contributed by atoms with van der Waals surface area (Å²) < 4.78 is 4.62. The number of esters is 1. The lowest BCUT2D eigenvalue weighted by Gasteiger charge is -2.02. The topological polar surface area (TPSA) is 63.6 Å². The second kappa shape index (κ2) is 4.82. The first-order valence-electron chi connectivity index (χ1n) is 4.12. The molecule has 1 aromatic rings. The molecule has 0 radical (unpaired) electrons. The van der Waals surface area contributed by atoms with E-state index in [1.54, 1.807) is 25.1 Å². The van der Waals surface area contributed by atoms with Crippen LogP contribution < -0.4 is 4.74 Å². The third-order valence-electron chi connectivity index (χ3n) is 1.52. The van der Waals surface area contributed by atoms with Crippen molar-refractivity contribution in [3.63, 3.8) is 0 Å². The number of carbonyl (C=O) groups excluding carboxylic acids is 1. The van der Waals surface area contributed by atoms with Crippen molar-refractivity contribution in [3.8, 4) is 17.6 Å². The lowest BCUT2D eigenvalue weighted by atomic mass is 10.2. The van der Waals surface area contributed by atoms with Crippen LogP contribution in [0.1, 0.15) is 12.5 Å². The van der Waals surface area contributed by atoms with Crippen molar-refractivity contribution in [2.24, 2.45) is 0 Å². The average Bonchev–Trinajstić information content (AvgIpc) is 2.21. The Bertz CT molecular complexity index is 451. The Morgan fingerprint density at radius 1 is 1.33 bits per heavy atom. The molecule has 0 unspecified atom stereocenters. The van der Waals surface area contributed by atoms with E-state index in [1.807, 2.05) is 0 Å². The summed E-state index contributed by atoms with van der Waals surface area (Å²) in [6, 6.07) is 6.48. The fraction of sp³-hybridized carbons (Fsp3) is 0.0909. The Kier molecular flexibility index (Phi) is 3.47. The van der Waals surface area contributed by atoms with Crippen molar-refractivity contribution in [1.29, 1.82) is 0 Å². The van der Waals surface area contributed by atoms with Gasteiger partial charge in [0.2, 0.25) is 0 Å². The van der Waals surface area contributed by atoms with Crippen LogP contribution in [0.5, 0.6) is 5.75 Å². The number of carboxylic acids is 1. The second-order valence-electron chi connectivity index (χ2n) is 2.57. The molecule has 1 rings (SSSR count). The largest absolute Gasteiger partial charge is 0.473 e. The van der Waals surface area contributed by atoms with Crippen molar-refractivity contribution in [2.45, 2.75) is 6.92 Å². The van der Waals surface area contributed by atoms with Crippen LogP contribution in [0.2, 0.25) is 0 Å². The molecule has 0 aliphatic heterocycles. The van der Waals surface area contributed by atoms with Gasteiger partial charge in [0.25, 0.3) is 0 Å². The summed E-state index contributed by atoms with van der Waals surface area (Å²) >= 11 is 0. The van der Waals surface area contributed by atoms with Gasteiger partial charge in [-0.25, -0.2) is 9.59 Å². The van der Waals surface area contributed by atoms with Gasteiger partial charge in [-0.1, -0.05) is 18.1 Å². The molecule has 0 heterocycles. The first-order valence-corrected chi connectivity index (χ1v) is 4.12. The van der Waals surface area contributed by atoms with Gasteiger partial charge in [0.1, 0.15) is 5.75 Å². The van der Waals surface area contributed by atoms with E-state index in [4.69, 9.17) is 5.11 Å². The van der Waals surface area contributed by atoms with Gasteiger partial charge < -0.3 is 9.84 Å². The molecule has 0 spiro atoms. The van der Waals surface area contributed by atoms with Gasteiger partial charge in [0.05, 0.1) is 5.56 Å². The maximum absolute atomic E-state index is 10.8. The van der Waals surface area contributed by atoms with Gasteiger partial charge in [0, 0.05) is 0 Å². The van der Waals surface area contributed by atoms with E-state index in [2.05, 4.69) is 16.6 Å². The number of rotatable bonds is 1. The zero-order valence-electron chi connectivity index (χ0n) is 7.98. The molecule has 4 nitrogen and oxygen atoms in total. The first kappa shape index (κ1) is 10.8. The third kappa shape index (κ3) is 2.85. The van der Waals surface area contributed by atoms with Crippen LogP contribution in [0.25, 0.3) is 0 Å². The van der Waals surface area contributed by atoms with Gasteiger partial charge in [-0.2, -0.15) is 0 Å². The summed E-state index contributed by atoms with van der Waals surface area (Å²) in [4.78, 5) is 21.1. The summed E-state index contributed by atoms with van der Waals surface area (Å²) in [5.41, 5.74) is 0.481. The predicted octanol–water partition coefficient (Wildman–Crippen LogP) is 1.05. The first-order chi connectivity index (χ1) is 7.15. The molecular weight excluding hydrogens is 196 g/mol. The van der Waals surface area contributed by atoms with Gasteiger partial charge >= 0.3 is 11.9 Å². The van der Waals surface area contributed by atoms with E-state index in [0.717, 1.165) is 0 Å². The van der Waals surface area contributed by atoms with E-state index >= 15 is 0 Å². The molecule has 1 aromatic carbocycles. The van der Waals surface area contributed by atoms with Gasteiger partial charge in [-0.3, -0.25) is 0 Å². The van der Waals surface area contributed by atoms with Crippen molar-refractivity contribution in [2.75, 3.05) is 0 Å². The molecule has 15 heavy (non-hydrogen) atoms. The zero-order valence-corrected chi connectivity index (χ0v) is 7.98. The SMILES string of the molecule is CC#Cc1ccccc1OC(=O)C(=O)O. The summed E-state index contributed by atoms with van der Waals surface area (Å²) in [5, 5.41) is 8.35. The normalized spacial score (nSPS) is 8.60. The highest BCUT2D eigenvalue weighted by atomic mass is 16.6. The highest BCUT2D eigenvalue weighted by Gasteiger charge is 2.15. The zero-order chi connectivity index (χ0) is 11.3. The number of aliphatic carboxylic acids is 1. The number of hydrogen-bond donors (Lipinski definition) is 1. The maximum atomic E-state index is 10.8. The number of carbonyl (C=O) groups is 2. The van der Waals surface area contributed by atoms with Crippen LogP contribution in [0.15, 0.2) is 24.3 Å². The Balaban J connectivity index is 2.97. The van der Waals surface area contributed by atoms with Crippen LogP contribution in [0, 0.1) is 11.8 Å². The molecule has 0 atom stereocenters. The summed E-state index contributed by atoms with van der Waals surface area (Å²) in [7, 11) is 0. The fourth-order valence-electron chi connectivity index (χ4n) is 0.937. The molecule has 0 bridgehead atoms. The lowest BCUT2D eigenvalue weighted by molar-refractivity contribution is -0.158. The van der Waals surface area contributed by atoms with Crippen LogP contribution in [0.4, 0.5) is 0 Å². The molecule has 0 amide bonds. The molecule has 4 heteroatoms. The fourth-order valence-corrected chi connectivity index (χ4v) is 0.937. The predicted molar refractivity (Wildman–Crippen MR) is 52.3 cm³/mol. The summed E-state index contributed by atoms with van der Waals surface area (Å²) in [6.45, 7) is 1.63. The van der Waals surface area contributed by atoms with Crippen LogP contribution >= 0.6 is 0 Å². The van der Waals surface area contributed by atoms with Crippen molar-refractivity contribution < 1.29 is 19.4 Å². The molecule has 1 N–H and O–H groups in total. The van der Waals surface area contributed by atoms with Crippen molar-refractivity contribution >= 4 is 11.9 Å². The quantitative estimate of drug-likeness (QED) is 0.321. The third-order valence-corrected chi connectivity index (χ3v) is 1.52. The molecule has 0 saturated carbocycles. The van der Waals surface area contributed by atoms with Crippen LogP contribution in [0.3, 0.4) is 0 Å². The Morgan fingerprint density at radius 2 is 2.00 bits per heavy atom. The van der Waals surface area contributed by atoms with E-state index in [1.165, 1.54) is 6.07 Å². The lowest BCUT2D eigenvalue weighted by Crippen LogP contribution is -2.19. The van der Waals surface area contributed by atoms with E-state index in [0.29, 0.717) is 5.56 Å². The summed E-state index contributed by atoms with van der Waals surface area (Å²) in [5.74, 6) is 2.54. The highest BCUT2D eigenvalue weighted by Crippen LogP contribution is 2.16. The molecule has 0 aliphatic carbocycles. The number of para-hydroxylation sites is 1. The molecule has 0 saturated heterocycles. The number of ether oxygens (including phenoxy) is 1. The smallest absolute Gasteiger partial charge is 0.422 e. The number of benzene rings is 1. The van der Waals surface area contributed by atoms with Crippen molar-refractivity contribution in [3.05, 3.63) is 29.8 Å². The minimum atomic E-state index is -1.63. The van der Waals surface area contributed by atoms with Crippen molar-refractivity contribution in [1.82, 2.24) is 0 Å². The molecule has 0 aromatic heterocycles. The second-order valence-corrected chi connectivity index (χ2v) is 2.57. The number of carboxylic acid groups (broad SMARTS) is 1. The monoisotopic (exact) mass is 204 g/mol. The van der Waals surface area contributed by atoms with Crippen LogP contribution in [-0.4, -0.2) is 17.0 Å². The Labute approximate surface area is 86.5 Å². The maximum Gasteiger partial charge on any atom is 0.422 e. The standard InChI is InChI=1S/C11H8O4/c1-2-5-8-6-3-4-7-9(8)15-11(14)10(12)13/h3-4,6-7H,1H3,(H,12,13). The van der Waals surface area contributed by atoms with Gasteiger partial charge in [-0.05, 0) is 19.1 Å². The molecule has 76 valence electrons.